The number of methoxy groups -OCH3 is 1. The van der Waals surface area contributed by atoms with Crippen LogP contribution in [0.15, 0.2) is 11.1 Å². The first kappa shape index (κ1) is 15.8. The minimum Gasteiger partial charge on any atom is -0.468 e. The molecule has 1 aromatic rings. The lowest BCUT2D eigenvalue weighted by atomic mass is 10.2. The summed E-state index contributed by atoms with van der Waals surface area (Å²) in [5, 5.41) is 4.00. The third-order valence-corrected chi connectivity index (χ3v) is 5.40. The van der Waals surface area contributed by atoms with Gasteiger partial charge in [-0.2, -0.15) is 9.40 Å². The fourth-order valence-corrected chi connectivity index (χ4v) is 4.19. The lowest BCUT2D eigenvalue weighted by Gasteiger charge is -2.21. The maximum Gasteiger partial charge on any atom is 0.324 e. The first-order valence-electron chi connectivity index (χ1n) is 6.84. The molecule has 0 bridgehead atoms. The second kappa shape index (κ2) is 6.02. The maximum atomic E-state index is 12.7. The topological polar surface area (TPSA) is 108 Å². The molecule has 0 aromatic carbocycles. The average Bonchev–Trinajstić information content (AvgIpc) is 3.05. The molecule has 2 heterocycles. The van der Waals surface area contributed by atoms with Crippen LogP contribution in [0.3, 0.4) is 0 Å². The van der Waals surface area contributed by atoms with Crippen LogP contribution >= 0.6 is 0 Å². The van der Waals surface area contributed by atoms with Crippen molar-refractivity contribution in [3.05, 3.63) is 6.20 Å². The average molecular weight is 316 g/mol. The van der Waals surface area contributed by atoms with Gasteiger partial charge in [-0.05, 0) is 19.3 Å². The molecule has 1 fully saturated rings. The van der Waals surface area contributed by atoms with Crippen LogP contribution in [-0.2, 0) is 26.1 Å². The zero-order valence-corrected chi connectivity index (χ0v) is 13.0. The Balaban J connectivity index is 2.35. The van der Waals surface area contributed by atoms with Crippen molar-refractivity contribution in [1.82, 2.24) is 14.1 Å². The number of carbonyl (C=O) groups excluding carboxylic acids is 1. The fraction of sp³-hybridized carbons (Fsp3) is 0.667. The molecular weight excluding hydrogens is 296 g/mol. The van der Waals surface area contributed by atoms with E-state index in [1.54, 1.807) is 0 Å². The highest BCUT2D eigenvalue weighted by Gasteiger charge is 2.41. The number of sulfonamides is 1. The third-order valence-electron chi connectivity index (χ3n) is 3.47. The number of nitrogen functional groups attached to an aromatic ring is 1. The molecule has 9 heteroatoms. The summed E-state index contributed by atoms with van der Waals surface area (Å²) in [4.78, 5) is 11.7. The van der Waals surface area contributed by atoms with E-state index in [9.17, 15) is 13.2 Å². The summed E-state index contributed by atoms with van der Waals surface area (Å²) in [6.07, 6.45) is 3.30. The molecular formula is C12H20N4O4S. The van der Waals surface area contributed by atoms with Crippen LogP contribution in [-0.4, -0.2) is 48.2 Å². The number of nitrogens with two attached hydrogens (primary N) is 1. The molecule has 0 amide bonds. The third kappa shape index (κ3) is 2.88. The van der Waals surface area contributed by atoms with Crippen molar-refractivity contribution >= 4 is 21.8 Å². The monoisotopic (exact) mass is 316 g/mol. The maximum absolute atomic E-state index is 12.7. The van der Waals surface area contributed by atoms with Crippen LogP contribution in [0.4, 0.5) is 5.82 Å². The number of rotatable bonds is 5. The summed E-state index contributed by atoms with van der Waals surface area (Å²) >= 11 is 0. The van der Waals surface area contributed by atoms with Crippen LogP contribution in [0, 0.1) is 0 Å². The molecule has 1 saturated heterocycles. The number of carbonyl (C=O) groups is 1. The smallest absolute Gasteiger partial charge is 0.324 e. The first-order chi connectivity index (χ1) is 9.91. The van der Waals surface area contributed by atoms with Crippen LogP contribution < -0.4 is 5.73 Å². The van der Waals surface area contributed by atoms with Gasteiger partial charge >= 0.3 is 5.97 Å². The Morgan fingerprint density at radius 3 is 2.90 bits per heavy atom. The molecule has 2 N–H and O–H groups in total. The van der Waals surface area contributed by atoms with Gasteiger partial charge in [0.15, 0.2) is 5.82 Å². The lowest BCUT2D eigenvalue weighted by molar-refractivity contribution is -0.144. The molecule has 21 heavy (non-hydrogen) atoms. The summed E-state index contributed by atoms with van der Waals surface area (Å²) in [6.45, 7) is 2.82. The number of hydrogen-bond donors (Lipinski definition) is 1. The second-order valence-corrected chi connectivity index (χ2v) is 6.80. The van der Waals surface area contributed by atoms with Gasteiger partial charge in [0.1, 0.15) is 10.9 Å². The first-order valence-corrected chi connectivity index (χ1v) is 8.28. The zero-order valence-electron chi connectivity index (χ0n) is 12.2. The summed E-state index contributed by atoms with van der Waals surface area (Å²) in [6, 6.07) is -0.783. The van der Waals surface area contributed by atoms with Crippen molar-refractivity contribution < 1.29 is 17.9 Å². The Morgan fingerprint density at radius 2 is 2.29 bits per heavy atom. The number of esters is 1. The van der Waals surface area contributed by atoms with Gasteiger partial charge in [-0.3, -0.25) is 9.48 Å². The van der Waals surface area contributed by atoms with Crippen LogP contribution in [0.5, 0.6) is 0 Å². The molecule has 1 aromatic heterocycles. The standard InChI is InChI=1S/C12H20N4O4S/c1-3-6-15-8-10(11(13)14-15)21(18,19)16-7-4-5-9(16)12(17)20-2/h8-9H,3-7H2,1-2H3,(H2,13,14). The van der Waals surface area contributed by atoms with Crippen LogP contribution in [0.25, 0.3) is 0 Å². The van der Waals surface area contributed by atoms with Crippen molar-refractivity contribution in [2.24, 2.45) is 0 Å². The fourth-order valence-electron chi connectivity index (χ4n) is 2.49. The minimum absolute atomic E-state index is 0.0426. The molecule has 1 atom stereocenters. The molecule has 0 saturated carbocycles. The van der Waals surface area contributed by atoms with E-state index in [1.165, 1.54) is 18.0 Å². The quantitative estimate of drug-likeness (QED) is 0.778. The Labute approximate surface area is 123 Å². The molecule has 8 nitrogen and oxygen atoms in total. The highest BCUT2D eigenvalue weighted by Crippen LogP contribution is 2.29. The summed E-state index contributed by atoms with van der Waals surface area (Å²) in [5.41, 5.74) is 5.73. The number of hydrogen-bond acceptors (Lipinski definition) is 6. The minimum atomic E-state index is -3.85. The molecule has 2 rings (SSSR count). The number of aryl methyl sites for hydroxylation is 1. The zero-order chi connectivity index (χ0) is 15.6. The van der Waals surface area contributed by atoms with Crippen LogP contribution in [0.1, 0.15) is 26.2 Å². The van der Waals surface area contributed by atoms with Gasteiger partial charge < -0.3 is 10.5 Å². The van der Waals surface area contributed by atoms with E-state index < -0.39 is 22.0 Å². The van der Waals surface area contributed by atoms with Crippen LogP contribution in [0.2, 0.25) is 0 Å². The lowest BCUT2D eigenvalue weighted by Crippen LogP contribution is -2.41. The van der Waals surface area contributed by atoms with E-state index in [0.717, 1.165) is 10.7 Å². The highest BCUT2D eigenvalue weighted by molar-refractivity contribution is 7.89. The Bertz CT molecular complexity index is 625. The van der Waals surface area contributed by atoms with E-state index >= 15 is 0 Å². The predicted molar refractivity (Wildman–Crippen MR) is 75.9 cm³/mol. The summed E-state index contributed by atoms with van der Waals surface area (Å²) in [5.74, 6) is -0.588. The van der Waals surface area contributed by atoms with Gasteiger partial charge in [0, 0.05) is 19.3 Å². The second-order valence-electron chi connectivity index (χ2n) is 4.94. The molecule has 0 spiro atoms. The van der Waals surface area contributed by atoms with E-state index in [2.05, 4.69) is 9.84 Å². The Morgan fingerprint density at radius 1 is 1.57 bits per heavy atom. The molecule has 1 aliphatic heterocycles. The Hall–Kier alpha value is -1.61. The molecule has 0 aliphatic carbocycles. The van der Waals surface area contributed by atoms with E-state index in [-0.39, 0.29) is 17.3 Å². The molecule has 1 aliphatic rings. The number of anilines is 1. The van der Waals surface area contributed by atoms with Gasteiger partial charge in [-0.25, -0.2) is 8.42 Å². The van der Waals surface area contributed by atoms with E-state index in [4.69, 9.17) is 5.73 Å². The summed E-state index contributed by atoms with van der Waals surface area (Å²) in [7, 11) is -2.60. The van der Waals surface area contributed by atoms with Crippen molar-refractivity contribution in [3.63, 3.8) is 0 Å². The van der Waals surface area contributed by atoms with Gasteiger partial charge in [0.05, 0.1) is 7.11 Å². The van der Waals surface area contributed by atoms with Crippen molar-refractivity contribution in [2.75, 3.05) is 19.4 Å². The molecule has 0 radical (unpaired) electrons. The van der Waals surface area contributed by atoms with Crippen molar-refractivity contribution in [1.29, 1.82) is 0 Å². The largest absolute Gasteiger partial charge is 0.468 e. The SMILES string of the molecule is CCCn1cc(S(=O)(=O)N2CCCC2C(=O)OC)c(N)n1. The van der Waals surface area contributed by atoms with Gasteiger partial charge in [0.2, 0.25) is 10.0 Å². The molecule has 1 unspecified atom stereocenters. The van der Waals surface area contributed by atoms with E-state index in [1.807, 2.05) is 6.92 Å². The highest BCUT2D eigenvalue weighted by atomic mass is 32.2. The van der Waals surface area contributed by atoms with Crippen molar-refractivity contribution in [2.45, 2.75) is 43.7 Å². The predicted octanol–water partition coefficient (Wildman–Crippen LogP) is 0.201. The number of ether oxygens (including phenoxy) is 1. The Kier molecular flexibility index (Phi) is 4.52. The number of nitrogens with zero attached hydrogens (tertiary/aromatic N) is 3. The number of aromatic nitrogens is 2. The van der Waals surface area contributed by atoms with E-state index in [0.29, 0.717) is 19.4 Å². The van der Waals surface area contributed by atoms with Gasteiger partial charge in [0.25, 0.3) is 0 Å². The summed E-state index contributed by atoms with van der Waals surface area (Å²) < 4.78 is 32.7. The van der Waals surface area contributed by atoms with Gasteiger partial charge in [-0.15, -0.1) is 0 Å². The molecule has 118 valence electrons. The normalized spacial score (nSPS) is 19.8. The van der Waals surface area contributed by atoms with Gasteiger partial charge in [-0.1, -0.05) is 6.92 Å². The van der Waals surface area contributed by atoms with Crippen molar-refractivity contribution in [3.8, 4) is 0 Å².